The van der Waals surface area contributed by atoms with E-state index in [-0.39, 0.29) is 48.1 Å². The Bertz CT molecular complexity index is 1200. The molecule has 3 aliphatic carbocycles. The van der Waals surface area contributed by atoms with Gasteiger partial charge in [-0.25, -0.2) is 4.79 Å². The zero-order chi connectivity index (χ0) is 29.8. The second-order valence-corrected chi connectivity index (χ2v) is 13.5. The highest BCUT2D eigenvalue weighted by Crippen LogP contribution is 2.67. The van der Waals surface area contributed by atoms with Gasteiger partial charge in [-0.2, -0.15) is 0 Å². The topological polar surface area (TPSA) is 71.1 Å². The predicted molar refractivity (Wildman–Crippen MR) is 161 cm³/mol. The van der Waals surface area contributed by atoms with Gasteiger partial charge in [0.15, 0.2) is 0 Å². The average molecular weight is 577 g/mol. The summed E-state index contributed by atoms with van der Waals surface area (Å²) in [5.74, 6) is -0.0154. The predicted octanol–water partition coefficient (Wildman–Crippen LogP) is 7.29. The minimum atomic E-state index is -0.416. The van der Waals surface area contributed by atoms with E-state index < -0.39 is 11.5 Å². The van der Waals surface area contributed by atoms with Gasteiger partial charge in [0.05, 0.1) is 19.3 Å². The van der Waals surface area contributed by atoms with Crippen LogP contribution in [0.25, 0.3) is 0 Å². The Morgan fingerprint density at radius 2 is 1.55 bits per heavy atom. The minimum absolute atomic E-state index is 0.113. The van der Waals surface area contributed by atoms with Crippen LogP contribution in [0.4, 0.5) is 0 Å². The third-order valence-electron chi connectivity index (χ3n) is 11.0. The van der Waals surface area contributed by atoms with Crippen LogP contribution in [0.5, 0.6) is 0 Å². The maximum absolute atomic E-state index is 13.7. The van der Waals surface area contributed by atoms with Crippen LogP contribution in [0.2, 0.25) is 0 Å². The minimum Gasteiger partial charge on any atom is -0.460 e. The van der Waals surface area contributed by atoms with Crippen LogP contribution in [-0.4, -0.2) is 37.4 Å². The maximum atomic E-state index is 13.7. The summed E-state index contributed by atoms with van der Waals surface area (Å²) in [4.78, 5) is 27.0. The SMILES string of the molecule is CC[C@]1(C)C[C@@H](OC(=O)COCc2ccccc2)[C@]2(C)CCC[C@]3(CCC(=O)C32)[C@@H](C)[C@@H]1OCOCc1ccccc1. The number of hydrogen-bond donors (Lipinski definition) is 0. The first kappa shape index (κ1) is 30.9. The van der Waals surface area contributed by atoms with Crippen LogP contribution in [0.3, 0.4) is 0 Å². The van der Waals surface area contributed by atoms with E-state index in [9.17, 15) is 9.59 Å². The molecule has 2 bridgehead atoms. The highest BCUT2D eigenvalue weighted by atomic mass is 16.7. The lowest BCUT2D eigenvalue weighted by Gasteiger charge is -2.60. The van der Waals surface area contributed by atoms with Gasteiger partial charge in [0.2, 0.25) is 0 Å². The lowest BCUT2D eigenvalue weighted by Crippen LogP contribution is -2.61. The number of esters is 1. The fourth-order valence-corrected chi connectivity index (χ4v) is 8.69. The van der Waals surface area contributed by atoms with Crippen molar-refractivity contribution < 1.29 is 28.5 Å². The van der Waals surface area contributed by atoms with E-state index in [1.807, 2.05) is 60.7 Å². The van der Waals surface area contributed by atoms with Gasteiger partial charge in [-0.1, -0.05) is 94.8 Å². The standard InChI is InChI=1S/C36H48O6/c1-5-34(3)21-30(42-31(38)24-39-22-27-13-8-6-9-14-27)35(4)18-12-19-36(20-17-29(37)32(35)36)26(2)33(34)41-25-40-23-28-15-10-7-11-16-28/h6-11,13-16,26,30,32-33H,5,12,17-25H2,1-4H3/t26-,30+,32?,33-,34+,35-,36-/m0/s1. The molecule has 6 nitrogen and oxygen atoms in total. The van der Waals surface area contributed by atoms with Gasteiger partial charge >= 0.3 is 5.97 Å². The van der Waals surface area contributed by atoms with Crippen molar-refractivity contribution in [2.75, 3.05) is 13.4 Å². The smallest absolute Gasteiger partial charge is 0.332 e. The molecule has 5 rings (SSSR count). The number of carbonyl (C=O) groups excluding carboxylic acids is 2. The van der Waals surface area contributed by atoms with Crippen molar-refractivity contribution in [3.05, 3.63) is 71.8 Å². The van der Waals surface area contributed by atoms with Crippen LogP contribution in [0.15, 0.2) is 60.7 Å². The van der Waals surface area contributed by atoms with E-state index in [4.69, 9.17) is 18.9 Å². The second kappa shape index (κ2) is 13.0. The van der Waals surface area contributed by atoms with Gasteiger partial charge in [0, 0.05) is 17.8 Å². The highest BCUT2D eigenvalue weighted by Gasteiger charge is 2.67. The summed E-state index contributed by atoms with van der Waals surface area (Å²) in [5, 5.41) is 0. The summed E-state index contributed by atoms with van der Waals surface area (Å²) in [6, 6.07) is 19.9. The van der Waals surface area contributed by atoms with Crippen molar-refractivity contribution in [2.24, 2.45) is 28.1 Å². The molecule has 0 spiro atoms. The Labute approximate surface area is 251 Å². The molecule has 0 radical (unpaired) electrons. The molecule has 0 heterocycles. The van der Waals surface area contributed by atoms with E-state index in [1.54, 1.807) is 0 Å². The lowest BCUT2D eigenvalue weighted by atomic mass is 9.46. The zero-order valence-corrected chi connectivity index (χ0v) is 25.8. The third-order valence-corrected chi connectivity index (χ3v) is 11.0. The van der Waals surface area contributed by atoms with Crippen molar-refractivity contribution in [2.45, 2.75) is 98.1 Å². The van der Waals surface area contributed by atoms with E-state index in [2.05, 4.69) is 27.7 Å². The molecule has 6 heteroatoms. The van der Waals surface area contributed by atoms with Gasteiger partial charge in [0.25, 0.3) is 0 Å². The summed E-state index contributed by atoms with van der Waals surface area (Å²) >= 11 is 0. The van der Waals surface area contributed by atoms with E-state index in [0.29, 0.717) is 31.8 Å². The van der Waals surface area contributed by atoms with E-state index in [1.165, 1.54) is 0 Å². The number of ether oxygens (including phenoxy) is 4. The van der Waals surface area contributed by atoms with Crippen molar-refractivity contribution >= 4 is 11.8 Å². The molecular formula is C36H48O6. The summed E-state index contributed by atoms with van der Waals surface area (Å²) in [7, 11) is 0. The first-order valence-electron chi connectivity index (χ1n) is 15.8. The molecular weight excluding hydrogens is 528 g/mol. The fraction of sp³-hybridized carbons (Fsp3) is 0.611. The van der Waals surface area contributed by atoms with Gasteiger partial charge < -0.3 is 18.9 Å². The molecule has 2 aromatic carbocycles. The molecule has 3 aliphatic rings. The summed E-state index contributed by atoms with van der Waals surface area (Å²) < 4.78 is 24.8. The molecule has 0 amide bonds. The molecule has 42 heavy (non-hydrogen) atoms. The maximum Gasteiger partial charge on any atom is 0.332 e. The number of Topliss-reactive ketones (excluding diaryl/α,β-unsaturated/α-hetero) is 1. The number of rotatable bonds is 11. The van der Waals surface area contributed by atoms with Crippen LogP contribution >= 0.6 is 0 Å². The van der Waals surface area contributed by atoms with Crippen molar-refractivity contribution in [3.63, 3.8) is 0 Å². The second-order valence-electron chi connectivity index (χ2n) is 13.5. The molecule has 0 N–H and O–H groups in total. The third kappa shape index (κ3) is 6.09. The molecule has 7 atom stereocenters. The first-order valence-corrected chi connectivity index (χ1v) is 15.8. The Morgan fingerprint density at radius 1 is 0.905 bits per heavy atom. The largest absolute Gasteiger partial charge is 0.460 e. The highest BCUT2D eigenvalue weighted by molar-refractivity contribution is 5.85. The van der Waals surface area contributed by atoms with Gasteiger partial charge in [-0.15, -0.1) is 0 Å². The normalized spacial score (nSPS) is 34.3. The monoisotopic (exact) mass is 576 g/mol. The Hall–Kier alpha value is -2.54. The Morgan fingerprint density at radius 3 is 2.19 bits per heavy atom. The molecule has 3 fully saturated rings. The Balaban J connectivity index is 1.37. The van der Waals surface area contributed by atoms with Crippen LogP contribution < -0.4 is 0 Å². The van der Waals surface area contributed by atoms with Crippen LogP contribution in [0.1, 0.15) is 83.8 Å². The number of hydrogen-bond acceptors (Lipinski definition) is 6. The van der Waals surface area contributed by atoms with E-state index >= 15 is 0 Å². The molecule has 0 aromatic heterocycles. The van der Waals surface area contributed by atoms with Gasteiger partial charge in [-0.3, -0.25) is 4.79 Å². The Kier molecular flexibility index (Phi) is 9.56. The van der Waals surface area contributed by atoms with Crippen molar-refractivity contribution in [1.82, 2.24) is 0 Å². The molecule has 2 aromatic rings. The summed E-state index contributed by atoms with van der Waals surface area (Å²) in [6.45, 7) is 9.89. The number of benzene rings is 2. The van der Waals surface area contributed by atoms with Gasteiger partial charge in [0.1, 0.15) is 25.3 Å². The molecule has 0 saturated heterocycles. The quantitative estimate of drug-likeness (QED) is 0.159. The molecule has 228 valence electrons. The van der Waals surface area contributed by atoms with Crippen LogP contribution in [-0.2, 0) is 41.8 Å². The lowest BCUT2D eigenvalue weighted by molar-refractivity contribution is -0.225. The fourth-order valence-electron chi connectivity index (χ4n) is 8.69. The number of ketones is 1. The average Bonchev–Trinajstić information content (AvgIpc) is 3.36. The van der Waals surface area contributed by atoms with Crippen molar-refractivity contribution in [1.29, 1.82) is 0 Å². The first-order chi connectivity index (χ1) is 20.2. The molecule has 3 saturated carbocycles. The summed E-state index contributed by atoms with van der Waals surface area (Å²) in [6.07, 6.45) is 5.34. The zero-order valence-electron chi connectivity index (χ0n) is 25.8. The van der Waals surface area contributed by atoms with Crippen LogP contribution in [0, 0.1) is 28.1 Å². The van der Waals surface area contributed by atoms with E-state index in [0.717, 1.165) is 43.2 Å². The van der Waals surface area contributed by atoms with Gasteiger partial charge in [-0.05, 0) is 60.0 Å². The molecule has 0 aliphatic heterocycles. The molecule has 1 unspecified atom stereocenters. The number of carbonyl (C=O) groups is 2. The van der Waals surface area contributed by atoms with Crippen molar-refractivity contribution in [3.8, 4) is 0 Å². The summed E-state index contributed by atoms with van der Waals surface area (Å²) in [5.41, 5.74) is 1.27.